The fourth-order valence-corrected chi connectivity index (χ4v) is 3.20. The summed E-state index contributed by atoms with van der Waals surface area (Å²) in [7, 11) is 0. The molecule has 0 saturated heterocycles. The number of benzene rings is 2. The standard InChI is InChI=1S/C17H11Cl2NOS/c18-13-7-8-15(14(19)10-13)20-17(21)12-5-3-11(4-6-12)16-2-1-9-22-16/h1-10H,(H,20,21). The largest absolute Gasteiger partial charge is 0.321 e. The Morgan fingerprint density at radius 2 is 1.77 bits per heavy atom. The van der Waals surface area contributed by atoms with Crippen LogP contribution in [0.5, 0.6) is 0 Å². The average molecular weight is 348 g/mol. The maximum atomic E-state index is 12.2. The summed E-state index contributed by atoms with van der Waals surface area (Å²) in [6, 6.07) is 16.5. The topological polar surface area (TPSA) is 29.1 Å². The number of hydrogen-bond acceptors (Lipinski definition) is 2. The summed E-state index contributed by atoms with van der Waals surface area (Å²) in [4.78, 5) is 13.4. The summed E-state index contributed by atoms with van der Waals surface area (Å²) in [6.07, 6.45) is 0. The predicted octanol–water partition coefficient (Wildman–Crippen LogP) is 5.97. The zero-order chi connectivity index (χ0) is 15.5. The number of halogens is 2. The molecule has 22 heavy (non-hydrogen) atoms. The van der Waals surface area contributed by atoms with Crippen LogP contribution in [0.15, 0.2) is 60.0 Å². The first-order valence-electron chi connectivity index (χ1n) is 6.54. The molecule has 0 saturated carbocycles. The minimum absolute atomic E-state index is 0.207. The minimum atomic E-state index is -0.207. The Hall–Kier alpha value is -1.81. The van der Waals surface area contributed by atoms with E-state index in [4.69, 9.17) is 23.2 Å². The Kier molecular flexibility index (Phi) is 4.48. The van der Waals surface area contributed by atoms with Crippen LogP contribution < -0.4 is 5.32 Å². The smallest absolute Gasteiger partial charge is 0.255 e. The van der Waals surface area contributed by atoms with E-state index in [0.717, 1.165) is 5.56 Å². The van der Waals surface area contributed by atoms with Crippen LogP contribution in [-0.4, -0.2) is 5.91 Å². The number of rotatable bonds is 3. The van der Waals surface area contributed by atoms with Crippen molar-refractivity contribution >= 4 is 46.1 Å². The van der Waals surface area contributed by atoms with E-state index in [2.05, 4.69) is 5.32 Å². The molecule has 1 amide bonds. The van der Waals surface area contributed by atoms with Gasteiger partial charge in [-0.1, -0.05) is 41.4 Å². The number of amides is 1. The maximum Gasteiger partial charge on any atom is 0.255 e. The van der Waals surface area contributed by atoms with Gasteiger partial charge in [0.05, 0.1) is 10.7 Å². The van der Waals surface area contributed by atoms with Crippen LogP contribution in [0.2, 0.25) is 10.0 Å². The minimum Gasteiger partial charge on any atom is -0.321 e. The second kappa shape index (κ2) is 6.53. The zero-order valence-corrected chi connectivity index (χ0v) is 13.7. The van der Waals surface area contributed by atoms with Crippen LogP contribution in [0.25, 0.3) is 10.4 Å². The van der Waals surface area contributed by atoms with Crippen molar-refractivity contribution in [2.24, 2.45) is 0 Å². The molecule has 1 N–H and O–H groups in total. The molecule has 0 unspecified atom stereocenters. The van der Waals surface area contributed by atoms with Crippen molar-refractivity contribution in [1.29, 1.82) is 0 Å². The van der Waals surface area contributed by atoms with Gasteiger partial charge in [-0.2, -0.15) is 0 Å². The highest BCUT2D eigenvalue weighted by molar-refractivity contribution is 7.13. The molecule has 5 heteroatoms. The number of carbonyl (C=O) groups excluding carboxylic acids is 1. The van der Waals surface area contributed by atoms with E-state index >= 15 is 0 Å². The van der Waals surface area contributed by atoms with Crippen LogP contribution >= 0.6 is 34.5 Å². The Bertz CT molecular complexity index is 798. The quantitative estimate of drug-likeness (QED) is 0.620. The lowest BCUT2D eigenvalue weighted by atomic mass is 10.1. The van der Waals surface area contributed by atoms with Gasteiger partial charge in [-0.3, -0.25) is 4.79 Å². The van der Waals surface area contributed by atoms with Gasteiger partial charge in [0, 0.05) is 15.5 Å². The molecule has 1 aromatic heterocycles. The Balaban J connectivity index is 1.77. The van der Waals surface area contributed by atoms with Crippen molar-refractivity contribution < 1.29 is 4.79 Å². The predicted molar refractivity (Wildman–Crippen MR) is 94.2 cm³/mol. The van der Waals surface area contributed by atoms with Crippen LogP contribution in [0.3, 0.4) is 0 Å². The van der Waals surface area contributed by atoms with Crippen LogP contribution in [0, 0.1) is 0 Å². The molecule has 0 aliphatic rings. The second-order valence-electron chi connectivity index (χ2n) is 4.63. The molecule has 0 atom stereocenters. The summed E-state index contributed by atoms with van der Waals surface area (Å²) >= 11 is 13.6. The number of carbonyl (C=O) groups is 1. The highest BCUT2D eigenvalue weighted by Crippen LogP contribution is 2.27. The molecule has 3 aromatic rings. The van der Waals surface area contributed by atoms with E-state index in [1.807, 2.05) is 29.6 Å². The lowest BCUT2D eigenvalue weighted by Crippen LogP contribution is -2.12. The first-order valence-corrected chi connectivity index (χ1v) is 8.17. The molecule has 1 heterocycles. The third kappa shape index (κ3) is 3.33. The molecule has 0 fully saturated rings. The monoisotopic (exact) mass is 347 g/mol. The Morgan fingerprint density at radius 3 is 2.41 bits per heavy atom. The van der Waals surface area contributed by atoms with Crippen molar-refractivity contribution in [3.8, 4) is 10.4 Å². The van der Waals surface area contributed by atoms with Gasteiger partial charge in [0.1, 0.15) is 0 Å². The molecule has 2 nitrogen and oxygen atoms in total. The summed E-state index contributed by atoms with van der Waals surface area (Å²) in [6.45, 7) is 0. The van der Waals surface area contributed by atoms with Crippen LogP contribution in [-0.2, 0) is 0 Å². The lowest BCUT2D eigenvalue weighted by Gasteiger charge is -2.08. The van der Waals surface area contributed by atoms with Crippen molar-refractivity contribution in [2.75, 3.05) is 5.32 Å². The zero-order valence-electron chi connectivity index (χ0n) is 11.3. The highest BCUT2D eigenvalue weighted by Gasteiger charge is 2.09. The van der Waals surface area contributed by atoms with Crippen molar-refractivity contribution in [3.63, 3.8) is 0 Å². The lowest BCUT2D eigenvalue weighted by molar-refractivity contribution is 0.102. The van der Waals surface area contributed by atoms with Crippen LogP contribution in [0.1, 0.15) is 10.4 Å². The van der Waals surface area contributed by atoms with Crippen molar-refractivity contribution in [3.05, 3.63) is 75.6 Å². The van der Waals surface area contributed by atoms with Gasteiger partial charge in [0.25, 0.3) is 5.91 Å². The average Bonchev–Trinajstić information content (AvgIpc) is 3.04. The molecule has 2 aromatic carbocycles. The summed E-state index contributed by atoms with van der Waals surface area (Å²) < 4.78 is 0. The maximum absolute atomic E-state index is 12.2. The molecule has 0 aliphatic carbocycles. The fourth-order valence-electron chi connectivity index (χ4n) is 2.01. The molecular formula is C17H11Cl2NOS. The molecule has 3 rings (SSSR count). The Labute approximate surface area is 142 Å². The van der Waals surface area contributed by atoms with E-state index in [0.29, 0.717) is 21.3 Å². The first kappa shape index (κ1) is 15.1. The van der Waals surface area contributed by atoms with Gasteiger partial charge in [0.2, 0.25) is 0 Å². The van der Waals surface area contributed by atoms with Gasteiger partial charge in [0.15, 0.2) is 0 Å². The van der Waals surface area contributed by atoms with Crippen molar-refractivity contribution in [2.45, 2.75) is 0 Å². The third-order valence-electron chi connectivity index (χ3n) is 3.13. The first-order chi connectivity index (χ1) is 10.6. The highest BCUT2D eigenvalue weighted by atomic mass is 35.5. The van der Waals surface area contributed by atoms with E-state index in [1.165, 1.54) is 4.88 Å². The van der Waals surface area contributed by atoms with Gasteiger partial charge in [-0.05, 0) is 47.3 Å². The second-order valence-corrected chi connectivity index (χ2v) is 6.42. The molecule has 0 radical (unpaired) electrons. The van der Waals surface area contributed by atoms with E-state index < -0.39 is 0 Å². The van der Waals surface area contributed by atoms with E-state index in [1.54, 1.807) is 41.7 Å². The molecule has 0 bridgehead atoms. The number of thiophene rings is 1. The third-order valence-corrected chi connectivity index (χ3v) is 4.60. The molecule has 0 spiro atoms. The summed E-state index contributed by atoms with van der Waals surface area (Å²) in [5.41, 5.74) is 2.21. The van der Waals surface area contributed by atoms with Crippen molar-refractivity contribution in [1.82, 2.24) is 0 Å². The van der Waals surface area contributed by atoms with Gasteiger partial charge in [-0.15, -0.1) is 11.3 Å². The normalized spacial score (nSPS) is 10.5. The SMILES string of the molecule is O=C(Nc1ccc(Cl)cc1Cl)c1ccc(-c2cccs2)cc1. The Morgan fingerprint density at radius 1 is 1.00 bits per heavy atom. The fraction of sp³-hybridized carbons (Fsp3) is 0. The summed E-state index contributed by atoms with van der Waals surface area (Å²) in [5, 5.41) is 5.75. The van der Waals surface area contributed by atoms with Gasteiger partial charge < -0.3 is 5.32 Å². The van der Waals surface area contributed by atoms with Gasteiger partial charge >= 0.3 is 0 Å². The van der Waals surface area contributed by atoms with E-state index in [-0.39, 0.29) is 5.91 Å². The molecular weight excluding hydrogens is 337 g/mol. The summed E-state index contributed by atoms with van der Waals surface area (Å²) in [5.74, 6) is -0.207. The molecule has 0 aliphatic heterocycles. The number of nitrogens with one attached hydrogen (secondary N) is 1. The van der Waals surface area contributed by atoms with Gasteiger partial charge in [-0.25, -0.2) is 0 Å². The molecule has 110 valence electrons. The van der Waals surface area contributed by atoms with Crippen LogP contribution in [0.4, 0.5) is 5.69 Å². The van der Waals surface area contributed by atoms with E-state index in [9.17, 15) is 4.79 Å². The number of hydrogen-bond donors (Lipinski definition) is 1. The number of anilines is 1.